The minimum Gasteiger partial charge on any atom is -0.490 e. The monoisotopic (exact) mass is 350 g/mol. The van der Waals surface area contributed by atoms with E-state index in [1.807, 2.05) is 6.92 Å². The molecule has 0 fully saturated rings. The van der Waals surface area contributed by atoms with E-state index in [-0.39, 0.29) is 0 Å². The molecule has 0 aliphatic carbocycles. The van der Waals surface area contributed by atoms with Gasteiger partial charge in [-0.3, -0.25) is 0 Å². The van der Waals surface area contributed by atoms with Crippen LogP contribution >= 0.6 is 0 Å². The largest absolute Gasteiger partial charge is 0.490 e. The van der Waals surface area contributed by atoms with E-state index >= 15 is 0 Å². The maximum atomic E-state index is 10.2. The number of aliphatic hydroxyl groups is 1. The molecule has 4 heteroatoms. The molecule has 0 saturated heterocycles. The number of rotatable bonds is 12. The molecule has 0 spiro atoms. The van der Waals surface area contributed by atoms with Crippen LogP contribution in [0, 0.1) is 20.8 Å². The van der Waals surface area contributed by atoms with Crippen molar-refractivity contribution in [2.24, 2.45) is 0 Å². The first kappa shape index (κ1) is 21.9. The molecule has 144 valence electrons. The number of benzene rings is 1. The van der Waals surface area contributed by atoms with Crippen LogP contribution in [0.2, 0.25) is 0 Å². The van der Waals surface area contributed by atoms with Gasteiger partial charge in [0.05, 0.1) is 0 Å². The van der Waals surface area contributed by atoms with Gasteiger partial charge in [0.25, 0.3) is 0 Å². The minimum absolute atomic E-state index is 0.324. The summed E-state index contributed by atoms with van der Waals surface area (Å²) in [5.41, 5.74) is 3.49. The molecule has 4 nitrogen and oxygen atoms in total. The summed E-state index contributed by atoms with van der Waals surface area (Å²) in [4.78, 5) is 2.45. The van der Waals surface area contributed by atoms with E-state index in [1.54, 1.807) is 0 Å². The fraction of sp³-hybridized carbons (Fsp3) is 0.714. The topological polar surface area (TPSA) is 44.7 Å². The van der Waals surface area contributed by atoms with Crippen molar-refractivity contribution in [3.8, 4) is 5.75 Å². The lowest BCUT2D eigenvalue weighted by Crippen LogP contribution is -2.37. The number of hydrogen-bond acceptors (Lipinski definition) is 4. The molecule has 0 aliphatic heterocycles. The highest BCUT2D eigenvalue weighted by Gasteiger charge is 2.11. The third kappa shape index (κ3) is 7.76. The fourth-order valence-corrected chi connectivity index (χ4v) is 2.99. The first-order valence-corrected chi connectivity index (χ1v) is 9.72. The molecule has 1 aromatic carbocycles. The molecular formula is C21H38N2O2. The van der Waals surface area contributed by atoms with Crippen LogP contribution in [0.25, 0.3) is 0 Å². The third-order valence-electron chi connectivity index (χ3n) is 5.00. The Hall–Kier alpha value is -1.10. The molecule has 0 aliphatic rings. The van der Waals surface area contributed by atoms with Gasteiger partial charge in [-0.05, 0) is 76.9 Å². The van der Waals surface area contributed by atoms with Crippen molar-refractivity contribution in [2.45, 2.75) is 66.5 Å². The van der Waals surface area contributed by atoms with Crippen molar-refractivity contribution < 1.29 is 9.84 Å². The van der Waals surface area contributed by atoms with Crippen molar-refractivity contribution in [3.63, 3.8) is 0 Å². The lowest BCUT2D eigenvalue weighted by molar-refractivity contribution is 0.103. The van der Waals surface area contributed by atoms with Crippen LogP contribution in [0.5, 0.6) is 5.75 Å². The standard InChI is InChI=1S/C21H38N2O2/c1-7-23(8-2)13-9-10-18(5)22-14-20(24)15-25-21-17(4)12-11-16(3)19(21)6/h11-12,18,20,22,24H,7-10,13-15H2,1-6H3/t18-,20-/m0/s1. The van der Waals surface area contributed by atoms with Crippen molar-refractivity contribution in [1.29, 1.82) is 0 Å². The van der Waals surface area contributed by atoms with Gasteiger partial charge >= 0.3 is 0 Å². The number of nitrogens with one attached hydrogen (secondary N) is 1. The molecule has 0 aromatic heterocycles. The van der Waals surface area contributed by atoms with Gasteiger partial charge in [0.15, 0.2) is 0 Å². The SMILES string of the molecule is CCN(CC)CCC[C@H](C)NC[C@H](O)COc1c(C)ccc(C)c1C. The predicted molar refractivity (Wildman–Crippen MR) is 107 cm³/mol. The quantitative estimate of drug-likeness (QED) is 0.606. The van der Waals surface area contributed by atoms with Gasteiger partial charge < -0.3 is 20.1 Å². The average Bonchev–Trinajstić information content (AvgIpc) is 2.60. The smallest absolute Gasteiger partial charge is 0.125 e. The number of ether oxygens (including phenoxy) is 1. The Morgan fingerprint density at radius 2 is 1.76 bits per heavy atom. The molecule has 0 radical (unpaired) electrons. The van der Waals surface area contributed by atoms with Gasteiger partial charge in [-0.1, -0.05) is 26.0 Å². The van der Waals surface area contributed by atoms with Gasteiger partial charge in [0.2, 0.25) is 0 Å². The molecule has 0 heterocycles. The first-order valence-electron chi connectivity index (χ1n) is 9.72. The van der Waals surface area contributed by atoms with E-state index in [0.29, 0.717) is 19.2 Å². The molecule has 0 amide bonds. The predicted octanol–water partition coefficient (Wildman–Crippen LogP) is 3.45. The van der Waals surface area contributed by atoms with Crippen molar-refractivity contribution >= 4 is 0 Å². The summed E-state index contributed by atoms with van der Waals surface area (Å²) in [6, 6.07) is 4.59. The minimum atomic E-state index is -0.496. The number of nitrogens with zero attached hydrogens (tertiary/aromatic N) is 1. The Bertz CT molecular complexity index is 501. The van der Waals surface area contributed by atoms with Crippen molar-refractivity contribution in [1.82, 2.24) is 10.2 Å². The summed E-state index contributed by atoms with van der Waals surface area (Å²) in [6.45, 7) is 17.1. The third-order valence-corrected chi connectivity index (χ3v) is 5.00. The summed E-state index contributed by atoms with van der Waals surface area (Å²) in [5.74, 6) is 0.909. The van der Waals surface area contributed by atoms with Gasteiger partial charge in [0, 0.05) is 12.6 Å². The van der Waals surface area contributed by atoms with Crippen LogP contribution in [0.4, 0.5) is 0 Å². The zero-order chi connectivity index (χ0) is 18.8. The van der Waals surface area contributed by atoms with Crippen LogP contribution in [0.1, 0.15) is 50.3 Å². The second-order valence-electron chi connectivity index (χ2n) is 7.10. The second kappa shape index (κ2) is 11.5. The van der Waals surface area contributed by atoms with Crippen molar-refractivity contribution in [3.05, 3.63) is 28.8 Å². The van der Waals surface area contributed by atoms with Gasteiger partial charge in [-0.2, -0.15) is 0 Å². The Morgan fingerprint density at radius 3 is 2.40 bits per heavy atom. The summed E-state index contributed by atoms with van der Waals surface area (Å²) in [7, 11) is 0. The van der Waals surface area contributed by atoms with Gasteiger partial charge in [-0.15, -0.1) is 0 Å². The number of hydrogen-bond donors (Lipinski definition) is 2. The van der Waals surface area contributed by atoms with Crippen LogP contribution < -0.4 is 10.1 Å². The molecular weight excluding hydrogens is 312 g/mol. The molecule has 2 N–H and O–H groups in total. The fourth-order valence-electron chi connectivity index (χ4n) is 2.99. The summed E-state index contributed by atoms with van der Waals surface area (Å²) < 4.78 is 5.89. The summed E-state index contributed by atoms with van der Waals surface area (Å²) in [6.07, 6.45) is 1.81. The molecule has 0 bridgehead atoms. The number of aliphatic hydroxyl groups excluding tert-OH is 1. The zero-order valence-electron chi connectivity index (χ0n) is 17.1. The summed E-state index contributed by atoms with van der Waals surface area (Å²) >= 11 is 0. The van der Waals surface area contributed by atoms with E-state index in [0.717, 1.165) is 42.9 Å². The maximum absolute atomic E-state index is 10.2. The van der Waals surface area contributed by atoms with E-state index in [9.17, 15) is 5.11 Å². The molecule has 2 atom stereocenters. The number of aryl methyl sites for hydroxylation is 2. The second-order valence-corrected chi connectivity index (χ2v) is 7.10. The first-order chi connectivity index (χ1) is 11.9. The molecule has 0 unspecified atom stereocenters. The highest BCUT2D eigenvalue weighted by Crippen LogP contribution is 2.25. The lowest BCUT2D eigenvalue weighted by atomic mass is 10.1. The molecule has 0 saturated carbocycles. The molecule has 25 heavy (non-hydrogen) atoms. The van der Waals surface area contributed by atoms with E-state index in [4.69, 9.17) is 4.74 Å². The van der Waals surface area contributed by atoms with Crippen LogP contribution in [0.3, 0.4) is 0 Å². The highest BCUT2D eigenvalue weighted by molar-refractivity contribution is 5.44. The van der Waals surface area contributed by atoms with Crippen molar-refractivity contribution in [2.75, 3.05) is 32.8 Å². The normalized spacial score (nSPS) is 13.9. The Labute approximate surface area is 154 Å². The Morgan fingerprint density at radius 1 is 1.12 bits per heavy atom. The van der Waals surface area contributed by atoms with Gasteiger partial charge in [0.1, 0.15) is 18.5 Å². The van der Waals surface area contributed by atoms with E-state index in [2.05, 4.69) is 57.0 Å². The molecule has 1 rings (SSSR count). The maximum Gasteiger partial charge on any atom is 0.125 e. The lowest BCUT2D eigenvalue weighted by Gasteiger charge is -2.21. The average molecular weight is 351 g/mol. The van der Waals surface area contributed by atoms with Gasteiger partial charge in [-0.25, -0.2) is 0 Å². The van der Waals surface area contributed by atoms with Crippen LogP contribution in [-0.4, -0.2) is 54.9 Å². The van der Waals surface area contributed by atoms with Crippen LogP contribution in [0.15, 0.2) is 12.1 Å². The zero-order valence-corrected chi connectivity index (χ0v) is 17.1. The highest BCUT2D eigenvalue weighted by atomic mass is 16.5. The van der Waals surface area contributed by atoms with E-state index in [1.165, 1.54) is 12.0 Å². The van der Waals surface area contributed by atoms with E-state index < -0.39 is 6.10 Å². The summed E-state index contributed by atoms with van der Waals surface area (Å²) in [5, 5.41) is 13.6. The molecule has 1 aromatic rings. The Kier molecular flexibility index (Phi) is 10.1. The van der Waals surface area contributed by atoms with Crippen LogP contribution in [-0.2, 0) is 0 Å². The Balaban J connectivity index is 2.29.